The van der Waals surface area contributed by atoms with Gasteiger partial charge in [-0.25, -0.2) is 9.37 Å². The van der Waals surface area contributed by atoms with E-state index in [2.05, 4.69) is 4.98 Å². The average Bonchev–Trinajstić information content (AvgIpc) is 3.46. The van der Waals surface area contributed by atoms with Gasteiger partial charge in [0.1, 0.15) is 23.1 Å². The van der Waals surface area contributed by atoms with E-state index in [1.165, 1.54) is 12.1 Å². The highest BCUT2D eigenvalue weighted by Crippen LogP contribution is 2.36. The molecule has 6 nitrogen and oxygen atoms in total. The molecule has 0 amide bonds. The van der Waals surface area contributed by atoms with Crippen molar-refractivity contribution in [2.45, 2.75) is 39.0 Å². The van der Waals surface area contributed by atoms with Crippen molar-refractivity contribution in [1.29, 1.82) is 0 Å². The van der Waals surface area contributed by atoms with Gasteiger partial charge in [0.25, 0.3) is 0 Å². The number of carbonyl (C=O) groups is 1. The SMILES string of the molecule is Cc1c(-c2nc3cc(CN4CCC[C@H]4C(=O)O)c(OC(F)F)cc3o2)cccc1-c1ccccc1F. The quantitative estimate of drug-likeness (QED) is 0.326. The Labute approximate surface area is 204 Å². The number of rotatable bonds is 7. The first-order valence-corrected chi connectivity index (χ1v) is 11.5. The first-order chi connectivity index (χ1) is 17.3. The number of likely N-dealkylation sites (tertiary alicyclic amines) is 1. The Morgan fingerprint density at radius 1 is 1.17 bits per heavy atom. The molecule has 1 atom stereocenters. The molecule has 1 saturated heterocycles. The van der Waals surface area contributed by atoms with Crippen LogP contribution in [0.25, 0.3) is 33.7 Å². The molecule has 0 unspecified atom stereocenters. The number of hydrogen-bond donors (Lipinski definition) is 1. The van der Waals surface area contributed by atoms with Crippen LogP contribution in [0.5, 0.6) is 5.75 Å². The Bertz CT molecular complexity index is 1440. The van der Waals surface area contributed by atoms with Gasteiger partial charge in [-0.3, -0.25) is 9.69 Å². The summed E-state index contributed by atoms with van der Waals surface area (Å²) >= 11 is 0. The molecular weight excluding hydrogens is 473 g/mol. The number of carboxylic acids is 1. The monoisotopic (exact) mass is 496 g/mol. The maximum absolute atomic E-state index is 14.4. The van der Waals surface area contributed by atoms with Crippen LogP contribution in [0, 0.1) is 12.7 Å². The van der Waals surface area contributed by atoms with E-state index < -0.39 is 18.6 Å². The number of benzene rings is 3. The van der Waals surface area contributed by atoms with E-state index in [0.717, 1.165) is 5.56 Å². The molecule has 1 aromatic heterocycles. The first-order valence-electron chi connectivity index (χ1n) is 11.5. The zero-order valence-corrected chi connectivity index (χ0v) is 19.4. The van der Waals surface area contributed by atoms with Crippen LogP contribution in [0.3, 0.4) is 0 Å². The van der Waals surface area contributed by atoms with Crippen LogP contribution in [0.4, 0.5) is 13.2 Å². The summed E-state index contributed by atoms with van der Waals surface area (Å²) < 4.78 is 51.5. The number of carboxylic acid groups (broad SMARTS) is 1. The van der Waals surface area contributed by atoms with Gasteiger partial charge < -0.3 is 14.3 Å². The van der Waals surface area contributed by atoms with Crippen molar-refractivity contribution < 1.29 is 32.2 Å². The number of fused-ring (bicyclic) bond motifs is 1. The summed E-state index contributed by atoms with van der Waals surface area (Å²) in [5.41, 5.74) is 3.58. The summed E-state index contributed by atoms with van der Waals surface area (Å²) in [5, 5.41) is 9.48. The van der Waals surface area contributed by atoms with E-state index >= 15 is 0 Å². The standard InChI is InChI=1S/C27H23F3N2O4/c1-15-17(19-6-2-3-9-20(19)28)7-4-8-18(15)25-31-21-12-16(14-32-11-5-10-22(32)26(33)34)23(36-27(29)30)13-24(21)35-25/h2-4,6-9,12-13,22,27H,5,10-11,14H2,1H3,(H,33,34)/t22-/m0/s1. The van der Waals surface area contributed by atoms with E-state index in [1.807, 2.05) is 13.0 Å². The molecule has 0 saturated carbocycles. The molecule has 0 aliphatic carbocycles. The van der Waals surface area contributed by atoms with E-state index in [4.69, 9.17) is 9.15 Å². The highest BCUT2D eigenvalue weighted by Gasteiger charge is 2.31. The highest BCUT2D eigenvalue weighted by molar-refractivity contribution is 5.82. The predicted octanol–water partition coefficient (Wildman–Crippen LogP) is 6.26. The Balaban J connectivity index is 1.56. The lowest BCUT2D eigenvalue weighted by atomic mass is 9.96. The van der Waals surface area contributed by atoms with Crippen molar-refractivity contribution in [2.24, 2.45) is 0 Å². The molecule has 9 heteroatoms. The second-order valence-corrected chi connectivity index (χ2v) is 8.75. The zero-order chi connectivity index (χ0) is 25.4. The lowest BCUT2D eigenvalue weighted by molar-refractivity contribution is -0.142. The van der Waals surface area contributed by atoms with Crippen LogP contribution >= 0.6 is 0 Å². The van der Waals surface area contributed by atoms with Gasteiger partial charge in [0.2, 0.25) is 5.89 Å². The second kappa shape index (κ2) is 9.66. The second-order valence-electron chi connectivity index (χ2n) is 8.75. The minimum atomic E-state index is -3.06. The first kappa shape index (κ1) is 23.9. The largest absolute Gasteiger partial charge is 0.480 e. The molecule has 1 N–H and O–H groups in total. The van der Waals surface area contributed by atoms with Crippen molar-refractivity contribution >= 4 is 17.1 Å². The fourth-order valence-electron chi connectivity index (χ4n) is 4.80. The van der Waals surface area contributed by atoms with Crippen molar-refractivity contribution in [2.75, 3.05) is 6.54 Å². The van der Waals surface area contributed by atoms with Gasteiger partial charge in [-0.2, -0.15) is 8.78 Å². The predicted molar refractivity (Wildman–Crippen MR) is 127 cm³/mol. The van der Waals surface area contributed by atoms with Crippen LogP contribution in [-0.4, -0.2) is 40.2 Å². The number of oxazole rings is 1. The third-order valence-corrected chi connectivity index (χ3v) is 6.54. The number of alkyl halides is 2. The van der Waals surface area contributed by atoms with Gasteiger partial charge in [0.05, 0.1) is 0 Å². The lowest BCUT2D eigenvalue weighted by Gasteiger charge is -2.22. The molecule has 186 valence electrons. The molecule has 36 heavy (non-hydrogen) atoms. The molecule has 3 aromatic carbocycles. The fourth-order valence-corrected chi connectivity index (χ4v) is 4.80. The molecule has 1 aliphatic heterocycles. The fraction of sp³-hybridized carbons (Fsp3) is 0.259. The minimum Gasteiger partial charge on any atom is -0.480 e. The maximum Gasteiger partial charge on any atom is 0.387 e. The smallest absolute Gasteiger partial charge is 0.387 e. The average molecular weight is 496 g/mol. The molecule has 0 spiro atoms. The van der Waals surface area contributed by atoms with Gasteiger partial charge in [0, 0.05) is 29.3 Å². The minimum absolute atomic E-state index is 0.0898. The summed E-state index contributed by atoms with van der Waals surface area (Å²) in [6, 6.07) is 14.1. The molecule has 1 fully saturated rings. The molecule has 1 aliphatic rings. The summed E-state index contributed by atoms with van der Waals surface area (Å²) in [6.07, 6.45) is 1.20. The third kappa shape index (κ3) is 4.54. The number of ether oxygens (including phenoxy) is 1. The number of aromatic nitrogens is 1. The molecule has 0 bridgehead atoms. The van der Waals surface area contributed by atoms with Gasteiger partial charge in [-0.1, -0.05) is 30.3 Å². The highest BCUT2D eigenvalue weighted by atomic mass is 19.3. The zero-order valence-electron chi connectivity index (χ0n) is 19.4. The number of halogens is 3. The van der Waals surface area contributed by atoms with Gasteiger partial charge in [0.15, 0.2) is 5.58 Å². The van der Waals surface area contributed by atoms with Gasteiger partial charge in [-0.15, -0.1) is 0 Å². The van der Waals surface area contributed by atoms with Crippen molar-refractivity contribution in [1.82, 2.24) is 9.88 Å². The van der Waals surface area contributed by atoms with E-state index in [-0.39, 0.29) is 29.6 Å². The van der Waals surface area contributed by atoms with Gasteiger partial charge in [-0.05, 0) is 55.6 Å². The van der Waals surface area contributed by atoms with E-state index in [0.29, 0.717) is 47.2 Å². The number of aliphatic carboxylic acids is 1. The summed E-state index contributed by atoms with van der Waals surface area (Å²) in [7, 11) is 0. The lowest BCUT2D eigenvalue weighted by Crippen LogP contribution is -2.35. The molecule has 5 rings (SSSR count). The van der Waals surface area contributed by atoms with Crippen LogP contribution in [-0.2, 0) is 11.3 Å². The summed E-state index contributed by atoms with van der Waals surface area (Å²) in [5.74, 6) is -1.13. The van der Waals surface area contributed by atoms with Crippen LogP contribution in [0.1, 0.15) is 24.0 Å². The Kier molecular flexibility index (Phi) is 6.40. The normalized spacial score (nSPS) is 16.2. The van der Waals surface area contributed by atoms with Crippen LogP contribution in [0.2, 0.25) is 0 Å². The number of hydrogen-bond acceptors (Lipinski definition) is 5. The van der Waals surface area contributed by atoms with E-state index in [1.54, 1.807) is 41.3 Å². The van der Waals surface area contributed by atoms with E-state index in [9.17, 15) is 23.1 Å². The number of nitrogens with zero attached hydrogens (tertiary/aromatic N) is 2. The topological polar surface area (TPSA) is 75.8 Å². The van der Waals surface area contributed by atoms with Crippen LogP contribution in [0.15, 0.2) is 59.0 Å². The third-order valence-electron chi connectivity index (χ3n) is 6.54. The molecule has 4 aromatic rings. The maximum atomic E-state index is 14.4. The Morgan fingerprint density at radius 2 is 1.92 bits per heavy atom. The molecular formula is C27H23F3N2O4. The van der Waals surface area contributed by atoms with Crippen molar-refractivity contribution in [3.05, 3.63) is 71.5 Å². The van der Waals surface area contributed by atoms with Crippen molar-refractivity contribution in [3.8, 4) is 28.3 Å². The molecule has 2 heterocycles. The van der Waals surface area contributed by atoms with Crippen molar-refractivity contribution in [3.63, 3.8) is 0 Å². The van der Waals surface area contributed by atoms with Gasteiger partial charge >= 0.3 is 12.6 Å². The Hall–Kier alpha value is -3.85. The van der Waals surface area contributed by atoms with Crippen LogP contribution < -0.4 is 4.74 Å². The summed E-state index contributed by atoms with van der Waals surface area (Å²) in [4.78, 5) is 17.9. The Morgan fingerprint density at radius 3 is 2.67 bits per heavy atom. The molecule has 0 radical (unpaired) electrons. The summed E-state index contributed by atoms with van der Waals surface area (Å²) in [6.45, 7) is -0.562.